The van der Waals surface area contributed by atoms with Crippen LogP contribution in [0.25, 0.3) is 0 Å². The number of ether oxygens (including phenoxy) is 8. The number of amides is 4. The number of carbonyl (C=O) groups excluding carboxylic acids is 5. The first-order valence-electron chi connectivity index (χ1n) is 24.5. The second-order valence-corrected chi connectivity index (χ2v) is 17.7. The highest BCUT2D eigenvalue weighted by Gasteiger charge is 2.53. The summed E-state index contributed by atoms with van der Waals surface area (Å²) in [6, 6.07) is 24.5. The molecule has 0 saturated carbocycles. The average molecular weight is 1010 g/mol. The number of hydrogen-bond acceptors (Lipinski definition) is 14. The highest BCUT2D eigenvalue weighted by atomic mass is 16.7. The summed E-state index contributed by atoms with van der Waals surface area (Å²) < 4.78 is 45.1. The molecule has 0 radical (unpaired) electrons. The third-order valence-electron chi connectivity index (χ3n) is 12.9. The lowest BCUT2D eigenvalue weighted by atomic mass is 9.65. The van der Waals surface area contributed by atoms with Crippen LogP contribution in [0.4, 0.5) is 14.4 Å². The Morgan fingerprint density at radius 1 is 0.767 bits per heavy atom. The molecule has 4 aromatic carbocycles. The molecule has 1 aliphatic carbocycles. The van der Waals surface area contributed by atoms with Crippen LogP contribution in [-0.2, 0) is 41.8 Å². The number of allylic oxidation sites excluding steroid dienone is 2. The molecule has 0 aromatic heterocycles. The molecule has 73 heavy (non-hydrogen) atoms. The van der Waals surface area contributed by atoms with Crippen LogP contribution < -0.4 is 29.6 Å². The molecule has 0 bridgehead atoms. The van der Waals surface area contributed by atoms with Crippen LogP contribution >= 0.6 is 0 Å². The van der Waals surface area contributed by atoms with Gasteiger partial charge in [0, 0.05) is 38.0 Å². The molecule has 388 valence electrons. The van der Waals surface area contributed by atoms with Gasteiger partial charge in [0.05, 0.1) is 32.8 Å². The Hall–Kier alpha value is -7.89. The van der Waals surface area contributed by atoms with Crippen LogP contribution in [0.3, 0.4) is 0 Å². The van der Waals surface area contributed by atoms with E-state index in [0.717, 1.165) is 23.1 Å². The van der Waals surface area contributed by atoms with Crippen molar-refractivity contribution in [1.82, 2.24) is 20.4 Å². The standard InChI is InChI=1S/C55H64N4O14/c1-5-7-17-36(6-2)31-69-53(63)56-22-14-15-23-58(54(64)70-32-37-18-10-8-11-19-37)24-16-25-59(55(65)71-33-38-20-12-9-13-21-38)30-47(60)57-50-41-29-44-43(72-35-73-44)28-40(41)48(49-42(50)34-68-52(49)62)39-26-45(66-3)51(61)46(27-39)67-4/h6-13,17-21,26-29,42,48-50,61H,5,14-16,22-25,30-35H2,1-4H3,(H,56,63)(H,57,60)/b17-7-,36-6+/t42-,48+,49-,50+/m0/s1. The van der Waals surface area contributed by atoms with Gasteiger partial charge in [-0.2, -0.15) is 0 Å². The summed E-state index contributed by atoms with van der Waals surface area (Å²) in [5.41, 5.74) is 4.33. The zero-order valence-corrected chi connectivity index (χ0v) is 41.7. The summed E-state index contributed by atoms with van der Waals surface area (Å²) in [7, 11) is 2.83. The van der Waals surface area contributed by atoms with Gasteiger partial charge in [0.15, 0.2) is 23.0 Å². The highest BCUT2D eigenvalue weighted by molar-refractivity contribution is 5.84. The number of phenols is 1. The van der Waals surface area contributed by atoms with E-state index in [1.807, 2.05) is 92.7 Å². The van der Waals surface area contributed by atoms with Gasteiger partial charge in [-0.15, -0.1) is 0 Å². The molecule has 2 aliphatic heterocycles. The fourth-order valence-corrected chi connectivity index (χ4v) is 9.15. The van der Waals surface area contributed by atoms with Crippen molar-refractivity contribution in [3.63, 3.8) is 0 Å². The van der Waals surface area contributed by atoms with Gasteiger partial charge in [-0.05, 0) is 90.3 Å². The summed E-state index contributed by atoms with van der Waals surface area (Å²) in [5, 5.41) is 16.7. The van der Waals surface area contributed by atoms with E-state index < -0.39 is 60.5 Å². The molecule has 3 N–H and O–H groups in total. The zero-order valence-electron chi connectivity index (χ0n) is 41.7. The predicted octanol–water partition coefficient (Wildman–Crippen LogP) is 8.32. The third kappa shape index (κ3) is 13.8. The molecule has 0 spiro atoms. The first-order chi connectivity index (χ1) is 35.5. The predicted molar refractivity (Wildman–Crippen MR) is 267 cm³/mol. The van der Waals surface area contributed by atoms with Gasteiger partial charge in [-0.1, -0.05) is 85.8 Å². The number of benzene rings is 4. The number of aromatic hydroxyl groups is 1. The Morgan fingerprint density at radius 2 is 1.37 bits per heavy atom. The number of cyclic esters (lactones) is 1. The Kier molecular flexibility index (Phi) is 18.8. The SMILES string of the molecule is C/C=C(\C=C/CC)COC(=O)NCCCCN(CCCN(CC(=O)N[C@@H]1c2cc3c(cc2[C@@H](c2cc(OC)c(O)c(OC)c2)[C@H]2C(=O)OC[C@@H]21)OCO3)C(=O)OCc1ccccc1)C(=O)OCc1ccccc1. The average Bonchev–Trinajstić information content (AvgIpc) is 4.04. The third-order valence-corrected chi connectivity index (χ3v) is 12.9. The van der Waals surface area contributed by atoms with Crippen LogP contribution in [0.2, 0.25) is 0 Å². The molecule has 4 aromatic rings. The maximum Gasteiger partial charge on any atom is 0.410 e. The van der Waals surface area contributed by atoms with Gasteiger partial charge in [0.2, 0.25) is 18.4 Å². The van der Waals surface area contributed by atoms with Crippen LogP contribution in [0, 0.1) is 11.8 Å². The monoisotopic (exact) mass is 1000 g/mol. The van der Waals surface area contributed by atoms with Gasteiger partial charge in [-0.25, -0.2) is 14.4 Å². The van der Waals surface area contributed by atoms with Crippen molar-refractivity contribution in [2.24, 2.45) is 11.8 Å². The molecular weight excluding hydrogens is 941 g/mol. The van der Waals surface area contributed by atoms with E-state index in [4.69, 9.17) is 37.9 Å². The lowest BCUT2D eigenvalue weighted by Gasteiger charge is -2.39. The van der Waals surface area contributed by atoms with E-state index in [1.54, 1.807) is 29.2 Å². The molecule has 1 fully saturated rings. The molecule has 18 nitrogen and oxygen atoms in total. The fraction of sp³-hybridized carbons (Fsp3) is 0.400. The molecule has 2 heterocycles. The minimum Gasteiger partial charge on any atom is -0.502 e. The molecular formula is C55H64N4O14. The summed E-state index contributed by atoms with van der Waals surface area (Å²) in [6.45, 7) is 4.33. The number of unbranched alkanes of at least 4 members (excludes halogenated alkanes) is 1. The van der Waals surface area contributed by atoms with Gasteiger partial charge in [0.1, 0.15) is 26.4 Å². The number of methoxy groups -OCH3 is 2. The number of hydrogen-bond donors (Lipinski definition) is 3. The molecule has 4 amide bonds. The first kappa shape index (κ1) is 52.9. The fourth-order valence-electron chi connectivity index (χ4n) is 9.15. The minimum absolute atomic E-state index is 0.0126. The number of nitrogens with one attached hydrogen (secondary N) is 2. The van der Waals surface area contributed by atoms with Gasteiger partial charge in [0.25, 0.3) is 0 Å². The lowest BCUT2D eigenvalue weighted by Crippen LogP contribution is -2.47. The quantitative estimate of drug-likeness (QED) is 0.0276. The number of phenolic OH excluding ortho intramolecular Hbond substituents is 1. The largest absolute Gasteiger partial charge is 0.502 e. The smallest absolute Gasteiger partial charge is 0.410 e. The number of rotatable bonds is 23. The van der Waals surface area contributed by atoms with Crippen molar-refractivity contribution in [3.05, 3.63) is 137 Å². The maximum atomic E-state index is 14.4. The second kappa shape index (κ2) is 26.0. The van der Waals surface area contributed by atoms with Gasteiger partial charge < -0.3 is 58.5 Å². The zero-order chi connectivity index (χ0) is 51.7. The number of nitrogens with zero attached hydrogens (tertiary/aromatic N) is 2. The van der Waals surface area contributed by atoms with E-state index in [0.29, 0.717) is 47.6 Å². The van der Waals surface area contributed by atoms with Crippen LogP contribution in [0.15, 0.2) is 109 Å². The van der Waals surface area contributed by atoms with Crippen molar-refractivity contribution in [1.29, 1.82) is 0 Å². The number of carbonyl (C=O) groups is 5. The minimum atomic E-state index is -0.800. The van der Waals surface area contributed by atoms with Gasteiger partial charge in [-0.3, -0.25) is 14.5 Å². The number of esters is 1. The summed E-state index contributed by atoms with van der Waals surface area (Å²) in [5.74, 6) is -2.05. The summed E-state index contributed by atoms with van der Waals surface area (Å²) >= 11 is 0. The topological polar surface area (TPSA) is 210 Å². The van der Waals surface area contributed by atoms with Crippen LogP contribution in [0.1, 0.15) is 79.3 Å². The Bertz CT molecular complexity index is 2580. The second-order valence-electron chi connectivity index (χ2n) is 17.7. The molecule has 0 unspecified atom stereocenters. The van der Waals surface area contributed by atoms with E-state index in [1.165, 1.54) is 19.1 Å². The molecule has 1 saturated heterocycles. The van der Waals surface area contributed by atoms with E-state index in [9.17, 15) is 29.1 Å². The van der Waals surface area contributed by atoms with Crippen molar-refractivity contribution >= 4 is 30.2 Å². The Labute approximate surface area is 425 Å². The molecule has 3 aliphatic rings. The Morgan fingerprint density at radius 3 is 1.99 bits per heavy atom. The van der Waals surface area contributed by atoms with E-state index >= 15 is 0 Å². The summed E-state index contributed by atoms with van der Waals surface area (Å²) in [6.07, 6.45) is 6.09. The number of alkyl carbamates (subject to hydrolysis) is 1. The van der Waals surface area contributed by atoms with Crippen molar-refractivity contribution in [2.75, 3.05) is 67.0 Å². The molecule has 7 rings (SSSR count). The van der Waals surface area contributed by atoms with Crippen molar-refractivity contribution < 1.29 is 67.0 Å². The Balaban J connectivity index is 1.07. The van der Waals surface area contributed by atoms with Crippen molar-refractivity contribution in [3.8, 4) is 28.7 Å². The van der Waals surface area contributed by atoms with E-state index in [-0.39, 0.29) is 76.5 Å². The molecule has 18 heteroatoms. The highest BCUT2D eigenvalue weighted by Crippen LogP contribution is 2.55. The van der Waals surface area contributed by atoms with E-state index in [2.05, 4.69) is 10.6 Å². The lowest BCUT2D eigenvalue weighted by molar-refractivity contribution is -0.141. The summed E-state index contributed by atoms with van der Waals surface area (Å²) in [4.78, 5) is 71.1. The normalized spacial score (nSPS) is 17.4. The van der Waals surface area contributed by atoms with Crippen LogP contribution in [-0.4, -0.2) is 112 Å². The maximum absolute atomic E-state index is 14.4. The van der Waals surface area contributed by atoms with Gasteiger partial charge >= 0.3 is 24.2 Å². The first-order valence-corrected chi connectivity index (χ1v) is 24.5. The molecule has 4 atom stereocenters. The van der Waals surface area contributed by atoms with Crippen molar-refractivity contribution in [2.45, 2.75) is 64.7 Å². The van der Waals surface area contributed by atoms with Crippen LogP contribution in [0.5, 0.6) is 28.7 Å². The number of fused-ring (bicyclic) bond motifs is 3.